The number of carbonyl (C=O) groups excluding carboxylic acids is 3. The lowest BCUT2D eigenvalue weighted by Gasteiger charge is -2.26. The van der Waals surface area contributed by atoms with E-state index in [1.165, 1.54) is 25.3 Å². The topological polar surface area (TPSA) is 103 Å². The number of nitrogens with zero attached hydrogens (tertiary/aromatic N) is 1. The van der Waals surface area contributed by atoms with Crippen molar-refractivity contribution in [3.63, 3.8) is 0 Å². The second kappa shape index (κ2) is 9.98. The zero-order valence-corrected chi connectivity index (χ0v) is 21.5. The number of carbonyl (C=O) groups is 3. The van der Waals surface area contributed by atoms with E-state index in [4.69, 9.17) is 18.9 Å². The quantitative estimate of drug-likeness (QED) is 0.340. The summed E-state index contributed by atoms with van der Waals surface area (Å²) in [7, 11) is 1.50. The second-order valence-electron chi connectivity index (χ2n) is 8.29. The molecule has 0 spiro atoms. The molecule has 2 aliphatic heterocycles. The summed E-state index contributed by atoms with van der Waals surface area (Å²) in [5, 5.41) is 2.21. The number of halogens is 1. The van der Waals surface area contributed by atoms with Crippen molar-refractivity contribution in [2.24, 2.45) is 0 Å². The van der Waals surface area contributed by atoms with Crippen molar-refractivity contribution < 1.29 is 33.3 Å². The summed E-state index contributed by atoms with van der Waals surface area (Å²) < 4.78 is 22.6. The summed E-state index contributed by atoms with van der Waals surface area (Å²) in [6.45, 7) is 2.39. The van der Waals surface area contributed by atoms with Crippen LogP contribution in [0.3, 0.4) is 0 Å². The van der Waals surface area contributed by atoms with Crippen LogP contribution in [0.4, 0.5) is 10.5 Å². The Kier molecular flexibility index (Phi) is 6.58. The smallest absolute Gasteiger partial charge is 0.335 e. The first-order valence-electron chi connectivity index (χ1n) is 11.2. The summed E-state index contributed by atoms with van der Waals surface area (Å²) in [5.74, 6) is 0.203. The predicted molar refractivity (Wildman–Crippen MR) is 138 cm³/mol. The molecule has 188 valence electrons. The summed E-state index contributed by atoms with van der Waals surface area (Å²) in [6, 6.07) is 15.1. The number of urea groups is 1. The Balaban J connectivity index is 1.43. The van der Waals surface area contributed by atoms with Gasteiger partial charge in [-0.05, 0) is 48.4 Å². The van der Waals surface area contributed by atoms with Crippen LogP contribution in [0.2, 0.25) is 0 Å². The molecule has 0 saturated carbocycles. The van der Waals surface area contributed by atoms with Crippen molar-refractivity contribution >= 4 is 45.5 Å². The standard InChI is InChI=1S/C27H21BrN2O7/c1-15-3-5-16(6-4-15)13-35-24-12-20(28)17(10-22(24)34-2)9-19-25(31)29-27(33)30(26(19)32)18-7-8-21-23(11-18)37-14-36-21/h3-12H,13-14H2,1-2H3,(H,29,31,33)/b19-9+. The minimum absolute atomic E-state index is 0.0448. The molecule has 1 saturated heterocycles. The maximum Gasteiger partial charge on any atom is 0.335 e. The number of barbiturate groups is 1. The van der Waals surface area contributed by atoms with E-state index in [0.29, 0.717) is 39.6 Å². The van der Waals surface area contributed by atoms with Gasteiger partial charge in [0.2, 0.25) is 6.79 Å². The summed E-state index contributed by atoms with van der Waals surface area (Å²) in [4.78, 5) is 39.4. The third-order valence-electron chi connectivity index (χ3n) is 5.81. The van der Waals surface area contributed by atoms with E-state index in [1.807, 2.05) is 31.2 Å². The number of methoxy groups -OCH3 is 1. The molecule has 0 bridgehead atoms. The van der Waals surface area contributed by atoms with Gasteiger partial charge in [0.05, 0.1) is 12.8 Å². The molecular formula is C27H21BrN2O7. The summed E-state index contributed by atoms with van der Waals surface area (Å²) in [5.41, 5.74) is 2.64. The first-order chi connectivity index (χ1) is 17.8. The molecule has 3 aromatic rings. The van der Waals surface area contributed by atoms with Crippen LogP contribution in [0, 0.1) is 6.92 Å². The lowest BCUT2D eigenvalue weighted by atomic mass is 10.1. The predicted octanol–water partition coefficient (Wildman–Crippen LogP) is 4.74. The van der Waals surface area contributed by atoms with E-state index in [0.717, 1.165) is 16.0 Å². The highest BCUT2D eigenvalue weighted by Crippen LogP contribution is 2.38. The highest BCUT2D eigenvalue weighted by molar-refractivity contribution is 9.10. The van der Waals surface area contributed by atoms with Crippen LogP contribution in [-0.2, 0) is 16.2 Å². The number of benzene rings is 3. The normalized spacial score (nSPS) is 15.7. The number of hydrogen-bond donors (Lipinski definition) is 1. The second-order valence-corrected chi connectivity index (χ2v) is 9.15. The van der Waals surface area contributed by atoms with Gasteiger partial charge in [0.1, 0.15) is 12.2 Å². The Labute approximate surface area is 220 Å². The number of ether oxygens (including phenoxy) is 4. The van der Waals surface area contributed by atoms with E-state index in [2.05, 4.69) is 21.2 Å². The summed E-state index contributed by atoms with van der Waals surface area (Å²) in [6.07, 6.45) is 1.39. The number of anilines is 1. The Morgan fingerprint density at radius 3 is 2.51 bits per heavy atom. The number of aryl methyl sites for hydroxylation is 1. The van der Waals surface area contributed by atoms with Gasteiger partial charge in [-0.2, -0.15) is 0 Å². The molecule has 1 N–H and O–H groups in total. The van der Waals surface area contributed by atoms with Gasteiger partial charge in [0.25, 0.3) is 11.8 Å². The van der Waals surface area contributed by atoms with Crippen molar-refractivity contribution in [1.82, 2.24) is 5.32 Å². The van der Waals surface area contributed by atoms with Crippen molar-refractivity contribution in [3.05, 3.63) is 81.3 Å². The lowest BCUT2D eigenvalue weighted by molar-refractivity contribution is -0.122. The SMILES string of the molecule is COc1cc(/C=C2\C(=O)NC(=O)N(c3ccc4c(c3)OCO4)C2=O)c(Br)cc1OCc1ccc(C)cc1. The number of fused-ring (bicyclic) bond motifs is 1. The summed E-state index contributed by atoms with van der Waals surface area (Å²) >= 11 is 3.48. The molecule has 9 nitrogen and oxygen atoms in total. The first-order valence-corrected chi connectivity index (χ1v) is 12.0. The van der Waals surface area contributed by atoms with Crippen LogP contribution in [-0.4, -0.2) is 31.7 Å². The molecule has 0 aromatic heterocycles. The molecule has 2 aliphatic rings. The van der Waals surface area contributed by atoms with Crippen LogP contribution >= 0.6 is 15.9 Å². The van der Waals surface area contributed by atoms with Gasteiger partial charge in [-0.3, -0.25) is 14.9 Å². The molecule has 4 amide bonds. The van der Waals surface area contributed by atoms with Crippen LogP contribution in [0.15, 0.2) is 64.6 Å². The zero-order chi connectivity index (χ0) is 26.1. The molecule has 2 heterocycles. The van der Waals surface area contributed by atoms with E-state index < -0.39 is 17.8 Å². The van der Waals surface area contributed by atoms with Crippen molar-refractivity contribution in [3.8, 4) is 23.0 Å². The van der Waals surface area contributed by atoms with Gasteiger partial charge in [-0.15, -0.1) is 0 Å². The molecule has 0 radical (unpaired) electrons. The van der Waals surface area contributed by atoms with Crippen LogP contribution in [0.5, 0.6) is 23.0 Å². The third kappa shape index (κ3) is 4.88. The molecule has 0 aliphatic carbocycles. The average molecular weight is 565 g/mol. The molecule has 0 atom stereocenters. The lowest BCUT2D eigenvalue weighted by Crippen LogP contribution is -2.54. The minimum atomic E-state index is -0.859. The maximum absolute atomic E-state index is 13.3. The Bertz CT molecular complexity index is 1450. The highest BCUT2D eigenvalue weighted by atomic mass is 79.9. The Hall–Kier alpha value is -4.31. The van der Waals surface area contributed by atoms with Gasteiger partial charge in [-0.25, -0.2) is 9.69 Å². The number of nitrogens with one attached hydrogen (secondary N) is 1. The van der Waals surface area contributed by atoms with E-state index in [-0.39, 0.29) is 18.1 Å². The fourth-order valence-electron chi connectivity index (χ4n) is 3.85. The monoisotopic (exact) mass is 564 g/mol. The molecule has 3 aromatic carbocycles. The van der Waals surface area contributed by atoms with Crippen molar-refractivity contribution in [2.45, 2.75) is 13.5 Å². The average Bonchev–Trinajstić information content (AvgIpc) is 3.35. The Morgan fingerprint density at radius 2 is 1.76 bits per heavy atom. The minimum Gasteiger partial charge on any atom is -0.493 e. The van der Waals surface area contributed by atoms with E-state index in [9.17, 15) is 14.4 Å². The third-order valence-corrected chi connectivity index (χ3v) is 6.50. The molecule has 0 unspecified atom stereocenters. The van der Waals surface area contributed by atoms with E-state index in [1.54, 1.807) is 18.2 Å². The molecule has 1 fully saturated rings. The van der Waals surface area contributed by atoms with Gasteiger partial charge in [0.15, 0.2) is 23.0 Å². The Morgan fingerprint density at radius 1 is 1.00 bits per heavy atom. The van der Waals surface area contributed by atoms with E-state index >= 15 is 0 Å². The molecule has 5 rings (SSSR count). The van der Waals surface area contributed by atoms with Crippen molar-refractivity contribution in [1.29, 1.82) is 0 Å². The molecule has 37 heavy (non-hydrogen) atoms. The van der Waals surface area contributed by atoms with Crippen LogP contribution < -0.4 is 29.2 Å². The number of imide groups is 2. The van der Waals surface area contributed by atoms with Gasteiger partial charge >= 0.3 is 6.03 Å². The van der Waals surface area contributed by atoms with Crippen LogP contribution in [0.1, 0.15) is 16.7 Å². The molecular weight excluding hydrogens is 544 g/mol. The first kappa shape index (κ1) is 24.4. The van der Waals surface area contributed by atoms with Gasteiger partial charge < -0.3 is 18.9 Å². The molecule has 10 heteroatoms. The number of rotatable bonds is 6. The van der Waals surface area contributed by atoms with Crippen LogP contribution in [0.25, 0.3) is 6.08 Å². The maximum atomic E-state index is 13.3. The number of amides is 4. The number of hydrogen-bond acceptors (Lipinski definition) is 7. The van der Waals surface area contributed by atoms with Gasteiger partial charge in [0, 0.05) is 10.5 Å². The largest absolute Gasteiger partial charge is 0.493 e. The van der Waals surface area contributed by atoms with Crippen molar-refractivity contribution in [2.75, 3.05) is 18.8 Å². The highest BCUT2D eigenvalue weighted by Gasteiger charge is 2.37. The fraction of sp³-hybridized carbons (Fsp3) is 0.148. The van der Waals surface area contributed by atoms with Gasteiger partial charge in [-0.1, -0.05) is 45.8 Å². The zero-order valence-electron chi connectivity index (χ0n) is 19.9. The fourth-order valence-corrected chi connectivity index (χ4v) is 4.29.